The molecule has 0 aliphatic rings. The minimum Gasteiger partial charge on any atom is -0.494 e. The van der Waals surface area contributed by atoms with Crippen LogP contribution in [0.5, 0.6) is 5.88 Å². The maximum absolute atomic E-state index is 12.8. The van der Waals surface area contributed by atoms with Crippen molar-refractivity contribution in [1.82, 2.24) is 9.13 Å². The fourth-order valence-corrected chi connectivity index (χ4v) is 4.05. The summed E-state index contributed by atoms with van der Waals surface area (Å²) in [4.78, 5) is 42.1. The summed E-state index contributed by atoms with van der Waals surface area (Å²) in [7, 11) is 2.66. The van der Waals surface area contributed by atoms with E-state index in [0.29, 0.717) is 16.4 Å². The zero-order valence-corrected chi connectivity index (χ0v) is 20.1. The number of nitrogens with one attached hydrogen (secondary N) is 1. The Morgan fingerprint density at radius 2 is 1.76 bits per heavy atom. The largest absolute Gasteiger partial charge is 0.494 e. The van der Waals surface area contributed by atoms with E-state index in [2.05, 4.69) is 10.3 Å². The number of anilines is 1. The van der Waals surface area contributed by atoms with Crippen molar-refractivity contribution in [2.24, 2.45) is 19.1 Å². The lowest BCUT2D eigenvalue weighted by molar-refractivity contribution is -0.113. The van der Waals surface area contributed by atoms with E-state index < -0.39 is 17.1 Å². The van der Waals surface area contributed by atoms with Crippen LogP contribution in [0.2, 0.25) is 5.02 Å². The molecule has 0 fully saturated rings. The molecule has 33 heavy (non-hydrogen) atoms. The minimum atomic E-state index is -0.717. The van der Waals surface area contributed by atoms with Gasteiger partial charge in [-0.05, 0) is 49.7 Å². The summed E-state index contributed by atoms with van der Waals surface area (Å²) in [5, 5.41) is 14.0. The van der Waals surface area contributed by atoms with Gasteiger partial charge >= 0.3 is 5.69 Å². The molecule has 0 saturated heterocycles. The second-order valence-electron chi connectivity index (χ2n) is 7.45. The fourth-order valence-electron chi connectivity index (χ4n) is 3.09. The number of aliphatic imine (C=N–C) groups is 1. The van der Waals surface area contributed by atoms with Gasteiger partial charge in [-0.2, -0.15) is 0 Å². The number of thioether (sulfide) groups is 1. The number of carbonyl (C=O) groups is 1. The van der Waals surface area contributed by atoms with Gasteiger partial charge < -0.3 is 10.4 Å². The molecule has 1 aromatic heterocycles. The summed E-state index contributed by atoms with van der Waals surface area (Å²) in [5.41, 5.74) is 1.59. The normalized spacial score (nSPS) is 11.5. The summed E-state index contributed by atoms with van der Waals surface area (Å²) in [6.45, 7) is 3.86. The molecule has 3 rings (SSSR count). The van der Waals surface area contributed by atoms with E-state index in [9.17, 15) is 19.5 Å². The molecule has 0 aliphatic heterocycles. The third-order valence-electron chi connectivity index (χ3n) is 4.90. The summed E-state index contributed by atoms with van der Waals surface area (Å²) in [5.74, 6) is -0.916. The van der Waals surface area contributed by atoms with Crippen LogP contribution in [-0.2, 0) is 18.9 Å². The number of amides is 1. The lowest BCUT2D eigenvalue weighted by atomic mass is 10.1. The Balaban J connectivity index is 1.97. The highest BCUT2D eigenvalue weighted by molar-refractivity contribution is 8.15. The molecular weight excluding hydrogens is 464 g/mol. The summed E-state index contributed by atoms with van der Waals surface area (Å²) in [6.07, 6.45) is 0. The van der Waals surface area contributed by atoms with Crippen molar-refractivity contribution in [3.63, 3.8) is 0 Å². The van der Waals surface area contributed by atoms with Gasteiger partial charge in [0.25, 0.3) is 5.56 Å². The Kier molecular flexibility index (Phi) is 7.45. The number of aromatic hydroxyl groups is 1. The molecule has 0 aliphatic carbocycles. The van der Waals surface area contributed by atoms with Gasteiger partial charge in [0.15, 0.2) is 0 Å². The number of aryl methyl sites for hydroxylation is 2. The van der Waals surface area contributed by atoms with E-state index in [1.54, 1.807) is 24.3 Å². The van der Waals surface area contributed by atoms with E-state index in [0.717, 1.165) is 32.0 Å². The van der Waals surface area contributed by atoms with E-state index in [-0.39, 0.29) is 22.3 Å². The van der Waals surface area contributed by atoms with Gasteiger partial charge in [0, 0.05) is 24.8 Å². The topological polar surface area (TPSA) is 106 Å². The predicted molar refractivity (Wildman–Crippen MR) is 133 cm³/mol. The highest BCUT2D eigenvalue weighted by atomic mass is 35.5. The predicted octanol–water partition coefficient (Wildman–Crippen LogP) is 3.51. The third-order valence-corrected chi connectivity index (χ3v) is 6.13. The van der Waals surface area contributed by atoms with E-state index in [1.807, 2.05) is 32.0 Å². The second-order valence-corrected chi connectivity index (χ2v) is 8.85. The van der Waals surface area contributed by atoms with Crippen molar-refractivity contribution in [2.75, 3.05) is 11.1 Å². The standard InChI is InChI=1S/C23H23ClN4O4S/c1-13-5-10-17(14(2)11-13)26-18(29)12-33-20(25-16-8-6-15(24)7-9-16)19-21(30)27(3)23(32)28(4)22(19)31/h5-11,30H,12H2,1-4H3,(H,26,29). The van der Waals surface area contributed by atoms with Crippen molar-refractivity contribution in [3.8, 4) is 5.88 Å². The van der Waals surface area contributed by atoms with Crippen LogP contribution in [0, 0.1) is 13.8 Å². The molecule has 10 heteroatoms. The van der Waals surface area contributed by atoms with Crippen molar-refractivity contribution in [3.05, 3.63) is 85.0 Å². The molecule has 1 amide bonds. The van der Waals surface area contributed by atoms with Crippen molar-refractivity contribution in [2.45, 2.75) is 13.8 Å². The molecular formula is C23H23ClN4O4S. The molecule has 0 bridgehead atoms. The SMILES string of the molecule is Cc1ccc(NC(=O)CSC(=Nc2ccc(Cl)cc2)c2c(O)n(C)c(=O)n(C)c2=O)c(C)c1. The molecule has 0 unspecified atom stereocenters. The fraction of sp³-hybridized carbons (Fsp3) is 0.217. The number of aromatic nitrogens is 2. The Morgan fingerprint density at radius 3 is 2.39 bits per heavy atom. The van der Waals surface area contributed by atoms with Gasteiger partial charge in [0.05, 0.1) is 11.4 Å². The highest BCUT2D eigenvalue weighted by Gasteiger charge is 2.22. The van der Waals surface area contributed by atoms with Gasteiger partial charge in [-0.15, -0.1) is 0 Å². The van der Waals surface area contributed by atoms with E-state index in [1.165, 1.54) is 14.1 Å². The lowest BCUT2D eigenvalue weighted by Crippen LogP contribution is -2.39. The first-order valence-electron chi connectivity index (χ1n) is 9.92. The quantitative estimate of drug-likeness (QED) is 0.424. The molecule has 2 aromatic carbocycles. The number of carbonyl (C=O) groups excluding carboxylic acids is 1. The van der Waals surface area contributed by atoms with Gasteiger partial charge in [-0.25, -0.2) is 9.79 Å². The Morgan fingerprint density at radius 1 is 1.09 bits per heavy atom. The Hall–Kier alpha value is -3.30. The van der Waals surface area contributed by atoms with Crippen LogP contribution in [0.1, 0.15) is 16.7 Å². The average Bonchev–Trinajstić information content (AvgIpc) is 2.78. The van der Waals surface area contributed by atoms with Crippen molar-refractivity contribution < 1.29 is 9.90 Å². The number of halogens is 1. The van der Waals surface area contributed by atoms with Crippen LogP contribution in [0.15, 0.2) is 57.0 Å². The number of benzene rings is 2. The van der Waals surface area contributed by atoms with Crippen molar-refractivity contribution in [1.29, 1.82) is 0 Å². The minimum absolute atomic E-state index is 0.0782. The van der Waals surface area contributed by atoms with Gasteiger partial charge in [-0.3, -0.25) is 18.7 Å². The third kappa shape index (κ3) is 5.55. The molecule has 0 atom stereocenters. The monoisotopic (exact) mass is 486 g/mol. The first kappa shape index (κ1) is 24.3. The number of hydrogen-bond donors (Lipinski definition) is 2. The second kappa shape index (κ2) is 10.1. The van der Waals surface area contributed by atoms with Crippen LogP contribution in [0.4, 0.5) is 11.4 Å². The molecule has 2 N–H and O–H groups in total. The Bertz CT molecular complexity index is 1360. The van der Waals surface area contributed by atoms with Crippen LogP contribution in [0.3, 0.4) is 0 Å². The smallest absolute Gasteiger partial charge is 0.333 e. The van der Waals surface area contributed by atoms with E-state index >= 15 is 0 Å². The molecule has 8 nitrogen and oxygen atoms in total. The summed E-state index contributed by atoms with van der Waals surface area (Å²) < 4.78 is 1.83. The number of hydrogen-bond acceptors (Lipinski definition) is 6. The first-order chi connectivity index (χ1) is 15.6. The van der Waals surface area contributed by atoms with Crippen LogP contribution in [-0.4, -0.2) is 30.9 Å². The van der Waals surface area contributed by atoms with Crippen LogP contribution >= 0.6 is 23.4 Å². The van der Waals surface area contributed by atoms with Crippen molar-refractivity contribution >= 4 is 45.7 Å². The summed E-state index contributed by atoms with van der Waals surface area (Å²) in [6, 6.07) is 12.2. The molecule has 3 aromatic rings. The lowest BCUT2D eigenvalue weighted by Gasteiger charge is -2.13. The highest BCUT2D eigenvalue weighted by Crippen LogP contribution is 2.24. The molecule has 1 heterocycles. The maximum atomic E-state index is 12.8. The zero-order valence-electron chi connectivity index (χ0n) is 18.5. The number of rotatable bonds is 5. The first-order valence-corrected chi connectivity index (χ1v) is 11.3. The molecule has 0 spiro atoms. The Labute approximate surface area is 199 Å². The average molecular weight is 487 g/mol. The van der Waals surface area contributed by atoms with Crippen LogP contribution < -0.4 is 16.6 Å². The van der Waals surface area contributed by atoms with Gasteiger partial charge in [-0.1, -0.05) is 41.1 Å². The zero-order chi connectivity index (χ0) is 24.3. The van der Waals surface area contributed by atoms with Gasteiger partial charge in [0.1, 0.15) is 10.6 Å². The van der Waals surface area contributed by atoms with Gasteiger partial charge in [0.2, 0.25) is 11.8 Å². The number of nitrogens with zero attached hydrogens (tertiary/aromatic N) is 3. The molecule has 0 saturated carbocycles. The van der Waals surface area contributed by atoms with E-state index in [4.69, 9.17) is 11.6 Å². The maximum Gasteiger partial charge on any atom is 0.333 e. The van der Waals surface area contributed by atoms with Crippen LogP contribution in [0.25, 0.3) is 0 Å². The molecule has 172 valence electrons. The summed E-state index contributed by atoms with van der Waals surface area (Å²) >= 11 is 6.92. The molecule has 0 radical (unpaired) electrons.